The molecule has 0 fully saturated rings. The summed E-state index contributed by atoms with van der Waals surface area (Å²) in [6, 6.07) is 10.7. The van der Waals surface area contributed by atoms with Crippen LogP contribution in [-0.4, -0.2) is 76.6 Å². The maximum Gasteiger partial charge on any atom is 0.256 e. The van der Waals surface area contributed by atoms with Crippen LogP contribution in [0.2, 0.25) is 0 Å². The van der Waals surface area contributed by atoms with Crippen molar-refractivity contribution in [3.05, 3.63) is 64.8 Å². The summed E-state index contributed by atoms with van der Waals surface area (Å²) in [4.78, 5) is 32.2. The topological polar surface area (TPSA) is 107 Å². The summed E-state index contributed by atoms with van der Waals surface area (Å²) in [6.07, 6.45) is 0. The second-order valence-electron chi connectivity index (χ2n) is 9.31. The van der Waals surface area contributed by atoms with E-state index in [1.165, 1.54) is 11.1 Å². The first-order valence-electron chi connectivity index (χ1n) is 12.7. The highest BCUT2D eigenvalue weighted by atomic mass is 19.1. The van der Waals surface area contributed by atoms with Crippen molar-refractivity contribution in [3.63, 3.8) is 0 Å². The molecule has 0 bridgehead atoms. The van der Waals surface area contributed by atoms with Gasteiger partial charge in [-0.3, -0.25) is 14.6 Å². The molecular formula is C27H34FN7O3. The average molecular weight is 524 g/mol. The zero-order chi connectivity index (χ0) is 27.2. The molecule has 10 nitrogen and oxygen atoms in total. The third-order valence-electron chi connectivity index (χ3n) is 6.64. The first kappa shape index (κ1) is 27.2. The third kappa shape index (κ3) is 6.35. The molecule has 202 valence electrons. The van der Waals surface area contributed by atoms with Gasteiger partial charge in [0.2, 0.25) is 17.6 Å². The van der Waals surface area contributed by atoms with Crippen molar-refractivity contribution in [1.82, 2.24) is 30.4 Å². The number of hydrazine groups is 1. The van der Waals surface area contributed by atoms with Crippen LogP contribution in [0.3, 0.4) is 0 Å². The molecule has 1 aromatic heterocycles. The Balaban J connectivity index is 1.40. The quantitative estimate of drug-likeness (QED) is 0.370. The van der Waals surface area contributed by atoms with Gasteiger partial charge in [-0.15, -0.1) is 0 Å². The van der Waals surface area contributed by atoms with E-state index in [0.717, 1.165) is 28.9 Å². The zero-order valence-corrected chi connectivity index (χ0v) is 22.3. The molecule has 0 saturated heterocycles. The third-order valence-corrected chi connectivity index (χ3v) is 6.64. The maximum atomic E-state index is 14.2. The number of carbonyl (C=O) groups excluding carboxylic acids is 2. The molecule has 2 N–H and O–H groups in total. The van der Waals surface area contributed by atoms with E-state index < -0.39 is 0 Å². The van der Waals surface area contributed by atoms with Gasteiger partial charge in [0.15, 0.2) is 0 Å². The molecule has 11 heteroatoms. The van der Waals surface area contributed by atoms with Crippen LogP contribution in [0.1, 0.15) is 29.5 Å². The largest absolute Gasteiger partial charge is 0.376 e. The van der Waals surface area contributed by atoms with Crippen LogP contribution in [-0.2, 0) is 22.7 Å². The van der Waals surface area contributed by atoms with Gasteiger partial charge in [0.1, 0.15) is 12.4 Å². The van der Waals surface area contributed by atoms with Gasteiger partial charge in [0.05, 0.1) is 6.54 Å². The van der Waals surface area contributed by atoms with Crippen LogP contribution < -0.4 is 10.6 Å². The zero-order valence-electron chi connectivity index (χ0n) is 22.3. The number of nitrogens with zero attached hydrogens (tertiary/aromatic N) is 5. The SMILES string of the molecule is CCNCCN(CC(=O)N(C)N1Cc2cccc(F)c2C1)C(=O)CNc1cc(-c2noc(C)n2)ccc1C. The summed E-state index contributed by atoms with van der Waals surface area (Å²) < 4.78 is 19.3. The smallest absolute Gasteiger partial charge is 0.256 e. The molecule has 3 aromatic rings. The molecule has 4 rings (SSSR count). The molecule has 1 aliphatic heterocycles. The number of hydrogen-bond donors (Lipinski definition) is 2. The average Bonchev–Trinajstić information content (AvgIpc) is 3.54. The molecule has 1 aliphatic rings. The first-order valence-corrected chi connectivity index (χ1v) is 12.7. The molecule has 0 radical (unpaired) electrons. The molecule has 0 atom stereocenters. The standard InChI is InChI=1S/C27H34FN7O3/c1-5-29-11-12-34(17-26(37)33(4)35-15-21-7-6-8-23(28)22(21)16-35)25(36)14-30-24-13-20(10-9-18(24)2)27-31-19(3)38-32-27/h6-10,13,29-30H,5,11-12,14-17H2,1-4H3. The summed E-state index contributed by atoms with van der Waals surface area (Å²) in [6.45, 7) is 8.03. The Bertz CT molecular complexity index is 1300. The van der Waals surface area contributed by atoms with Gasteiger partial charge in [-0.05, 0) is 36.7 Å². The number of aryl methyl sites for hydroxylation is 2. The Kier molecular flexibility index (Phi) is 8.70. The second kappa shape index (κ2) is 12.1. The summed E-state index contributed by atoms with van der Waals surface area (Å²) in [5, 5.41) is 13.6. The Morgan fingerprint density at radius 1 is 1.16 bits per heavy atom. The van der Waals surface area contributed by atoms with Crippen molar-refractivity contribution in [3.8, 4) is 11.4 Å². The number of benzene rings is 2. The summed E-state index contributed by atoms with van der Waals surface area (Å²) in [5.74, 6) is 0.225. The van der Waals surface area contributed by atoms with E-state index in [-0.39, 0.29) is 30.7 Å². The number of anilines is 1. The Hall–Kier alpha value is -3.83. The highest BCUT2D eigenvalue weighted by Crippen LogP contribution is 2.26. The summed E-state index contributed by atoms with van der Waals surface area (Å²) in [7, 11) is 1.66. The van der Waals surface area contributed by atoms with Crippen LogP contribution >= 0.6 is 0 Å². The minimum Gasteiger partial charge on any atom is -0.376 e. The fraction of sp³-hybridized carbons (Fsp3) is 0.407. The van der Waals surface area contributed by atoms with E-state index >= 15 is 0 Å². The summed E-state index contributed by atoms with van der Waals surface area (Å²) >= 11 is 0. The fourth-order valence-electron chi connectivity index (χ4n) is 4.33. The number of carbonyl (C=O) groups is 2. The van der Waals surface area contributed by atoms with Gasteiger partial charge in [0.25, 0.3) is 5.91 Å². The molecule has 0 saturated carbocycles. The predicted molar refractivity (Wildman–Crippen MR) is 141 cm³/mol. The molecule has 38 heavy (non-hydrogen) atoms. The van der Waals surface area contributed by atoms with Crippen LogP contribution in [0.5, 0.6) is 0 Å². The van der Waals surface area contributed by atoms with Gasteiger partial charge in [-0.25, -0.2) is 9.40 Å². The lowest BCUT2D eigenvalue weighted by Crippen LogP contribution is -2.49. The molecule has 0 aliphatic carbocycles. The lowest BCUT2D eigenvalue weighted by Gasteiger charge is -2.31. The number of likely N-dealkylation sites (N-methyl/N-ethyl adjacent to an activating group) is 2. The molecule has 2 amide bonds. The number of fused-ring (bicyclic) bond motifs is 1. The van der Waals surface area contributed by atoms with Crippen molar-refractivity contribution in [2.24, 2.45) is 0 Å². The Morgan fingerprint density at radius 2 is 1.97 bits per heavy atom. The number of amides is 2. The normalized spacial score (nSPS) is 12.9. The van der Waals surface area contributed by atoms with Gasteiger partial charge in [-0.1, -0.05) is 36.3 Å². The molecule has 0 spiro atoms. The van der Waals surface area contributed by atoms with Crippen molar-refractivity contribution < 1.29 is 18.5 Å². The van der Waals surface area contributed by atoms with Crippen LogP contribution in [0.25, 0.3) is 11.4 Å². The van der Waals surface area contributed by atoms with E-state index in [1.807, 2.05) is 38.1 Å². The van der Waals surface area contributed by atoms with Gasteiger partial charge in [-0.2, -0.15) is 4.98 Å². The highest BCUT2D eigenvalue weighted by Gasteiger charge is 2.28. The van der Waals surface area contributed by atoms with E-state index in [2.05, 4.69) is 20.8 Å². The summed E-state index contributed by atoms with van der Waals surface area (Å²) in [5.41, 5.74) is 3.96. The van der Waals surface area contributed by atoms with E-state index in [9.17, 15) is 14.0 Å². The van der Waals surface area contributed by atoms with Crippen LogP contribution in [0, 0.1) is 19.7 Å². The Morgan fingerprint density at radius 3 is 2.68 bits per heavy atom. The lowest BCUT2D eigenvalue weighted by atomic mass is 10.1. The number of hydrogen-bond acceptors (Lipinski definition) is 8. The number of aromatic nitrogens is 2. The molecular weight excluding hydrogens is 489 g/mol. The van der Waals surface area contributed by atoms with Gasteiger partial charge >= 0.3 is 0 Å². The maximum absolute atomic E-state index is 14.2. The van der Waals surface area contributed by atoms with E-state index in [0.29, 0.717) is 43.5 Å². The monoisotopic (exact) mass is 523 g/mol. The van der Waals surface area contributed by atoms with Crippen molar-refractivity contribution in [2.75, 3.05) is 45.1 Å². The minimum atomic E-state index is -0.270. The lowest BCUT2D eigenvalue weighted by molar-refractivity contribution is -0.151. The highest BCUT2D eigenvalue weighted by molar-refractivity contribution is 5.87. The second-order valence-corrected chi connectivity index (χ2v) is 9.31. The van der Waals surface area contributed by atoms with Crippen molar-refractivity contribution in [2.45, 2.75) is 33.9 Å². The van der Waals surface area contributed by atoms with E-state index in [1.54, 1.807) is 29.9 Å². The molecule has 0 unspecified atom stereocenters. The Labute approximate surface area is 221 Å². The van der Waals surface area contributed by atoms with Crippen LogP contribution in [0.15, 0.2) is 40.9 Å². The minimum absolute atomic E-state index is 0.0129. The molecule has 2 aromatic carbocycles. The first-order chi connectivity index (χ1) is 18.3. The van der Waals surface area contributed by atoms with Crippen molar-refractivity contribution in [1.29, 1.82) is 0 Å². The number of halogens is 1. The van der Waals surface area contributed by atoms with Gasteiger partial charge in [0, 0.05) is 57.0 Å². The fourth-order valence-corrected chi connectivity index (χ4v) is 4.33. The van der Waals surface area contributed by atoms with E-state index in [4.69, 9.17) is 4.52 Å². The van der Waals surface area contributed by atoms with Crippen LogP contribution in [0.4, 0.5) is 10.1 Å². The number of nitrogens with one attached hydrogen (secondary N) is 2. The number of rotatable bonds is 11. The predicted octanol–water partition coefficient (Wildman–Crippen LogP) is 2.73. The van der Waals surface area contributed by atoms with Gasteiger partial charge < -0.3 is 20.1 Å². The van der Waals surface area contributed by atoms with Crippen molar-refractivity contribution >= 4 is 17.5 Å². The molecule has 2 heterocycles.